The fraction of sp³-hybridized carbons (Fsp3) is 0.0667. The molecule has 5 nitrogen and oxygen atoms in total. The monoisotopic (exact) mass is 267 g/mol. The fourth-order valence-corrected chi connectivity index (χ4v) is 1.76. The SMILES string of the molecule is Nc1ccccc1OCc1noc(-c2ccccc2)n1. The van der Waals surface area contributed by atoms with E-state index in [0.29, 0.717) is 23.2 Å². The minimum atomic E-state index is 0.213. The molecule has 0 fully saturated rings. The van der Waals surface area contributed by atoms with E-state index in [9.17, 15) is 0 Å². The summed E-state index contributed by atoms with van der Waals surface area (Å²) in [6, 6.07) is 16.9. The molecule has 1 heterocycles. The smallest absolute Gasteiger partial charge is 0.258 e. The summed E-state index contributed by atoms with van der Waals surface area (Å²) in [6.07, 6.45) is 0. The van der Waals surface area contributed by atoms with Crippen LogP contribution >= 0.6 is 0 Å². The van der Waals surface area contributed by atoms with E-state index in [1.54, 1.807) is 12.1 Å². The van der Waals surface area contributed by atoms with Crippen LogP contribution in [0.5, 0.6) is 5.75 Å². The molecule has 1 aromatic heterocycles. The van der Waals surface area contributed by atoms with Crippen LogP contribution in [0.1, 0.15) is 5.82 Å². The van der Waals surface area contributed by atoms with Crippen LogP contribution in [-0.4, -0.2) is 10.1 Å². The second-order valence-corrected chi connectivity index (χ2v) is 4.21. The van der Waals surface area contributed by atoms with Crippen LogP contribution in [-0.2, 0) is 6.61 Å². The number of rotatable bonds is 4. The molecule has 0 radical (unpaired) electrons. The Bertz CT molecular complexity index is 695. The number of hydrogen-bond acceptors (Lipinski definition) is 5. The summed E-state index contributed by atoms with van der Waals surface area (Å²) in [5.41, 5.74) is 7.25. The first kappa shape index (κ1) is 12.2. The van der Waals surface area contributed by atoms with Gasteiger partial charge in [0.15, 0.2) is 6.61 Å². The van der Waals surface area contributed by atoms with E-state index in [1.165, 1.54) is 0 Å². The van der Waals surface area contributed by atoms with Gasteiger partial charge in [-0.2, -0.15) is 4.98 Å². The van der Waals surface area contributed by atoms with E-state index in [1.807, 2.05) is 42.5 Å². The third-order valence-electron chi connectivity index (χ3n) is 2.76. The molecule has 0 aliphatic carbocycles. The summed E-state index contributed by atoms with van der Waals surface area (Å²) in [5.74, 6) is 1.57. The van der Waals surface area contributed by atoms with Crippen molar-refractivity contribution in [2.45, 2.75) is 6.61 Å². The van der Waals surface area contributed by atoms with Gasteiger partial charge in [-0.1, -0.05) is 35.5 Å². The third-order valence-corrected chi connectivity index (χ3v) is 2.76. The van der Waals surface area contributed by atoms with E-state index in [-0.39, 0.29) is 6.61 Å². The normalized spacial score (nSPS) is 10.4. The van der Waals surface area contributed by atoms with E-state index in [0.717, 1.165) is 5.56 Å². The van der Waals surface area contributed by atoms with Gasteiger partial charge in [0, 0.05) is 5.56 Å². The lowest BCUT2D eigenvalue weighted by Gasteiger charge is -2.05. The van der Waals surface area contributed by atoms with E-state index >= 15 is 0 Å². The molecule has 0 bridgehead atoms. The van der Waals surface area contributed by atoms with E-state index in [2.05, 4.69) is 10.1 Å². The van der Waals surface area contributed by atoms with Crippen molar-refractivity contribution >= 4 is 5.69 Å². The Labute approximate surface area is 116 Å². The number of ether oxygens (including phenoxy) is 1. The molecule has 0 aliphatic rings. The van der Waals surface area contributed by atoms with Gasteiger partial charge in [0.05, 0.1) is 5.69 Å². The number of hydrogen-bond donors (Lipinski definition) is 1. The van der Waals surface area contributed by atoms with Gasteiger partial charge in [-0.25, -0.2) is 0 Å². The molecule has 2 N–H and O–H groups in total. The Morgan fingerprint density at radius 3 is 2.55 bits per heavy atom. The summed E-state index contributed by atoms with van der Waals surface area (Å²) in [6.45, 7) is 0.213. The minimum Gasteiger partial charge on any atom is -0.483 e. The highest BCUT2D eigenvalue weighted by Crippen LogP contribution is 2.21. The van der Waals surface area contributed by atoms with Crippen molar-refractivity contribution in [1.82, 2.24) is 10.1 Å². The van der Waals surface area contributed by atoms with Crippen LogP contribution in [0.25, 0.3) is 11.5 Å². The summed E-state index contributed by atoms with van der Waals surface area (Å²) in [4.78, 5) is 4.28. The molecular formula is C15H13N3O2. The second kappa shape index (κ2) is 5.44. The van der Waals surface area contributed by atoms with Crippen molar-refractivity contribution < 1.29 is 9.26 Å². The largest absolute Gasteiger partial charge is 0.483 e. The zero-order valence-electron chi connectivity index (χ0n) is 10.7. The highest BCUT2D eigenvalue weighted by Gasteiger charge is 2.09. The quantitative estimate of drug-likeness (QED) is 0.736. The van der Waals surface area contributed by atoms with E-state index in [4.69, 9.17) is 15.0 Å². The van der Waals surface area contributed by atoms with Gasteiger partial charge < -0.3 is 15.0 Å². The van der Waals surface area contributed by atoms with Crippen molar-refractivity contribution in [3.63, 3.8) is 0 Å². The summed E-state index contributed by atoms with van der Waals surface area (Å²) >= 11 is 0. The molecule has 0 aliphatic heterocycles. The number of para-hydroxylation sites is 2. The lowest BCUT2D eigenvalue weighted by atomic mass is 10.2. The number of benzene rings is 2. The second-order valence-electron chi connectivity index (χ2n) is 4.21. The molecule has 2 aromatic carbocycles. The average Bonchev–Trinajstić information content (AvgIpc) is 2.96. The van der Waals surface area contributed by atoms with Crippen LogP contribution in [0.3, 0.4) is 0 Å². The van der Waals surface area contributed by atoms with Gasteiger partial charge in [0.25, 0.3) is 5.89 Å². The van der Waals surface area contributed by atoms with Crippen molar-refractivity contribution in [3.8, 4) is 17.2 Å². The Kier molecular flexibility index (Phi) is 3.33. The topological polar surface area (TPSA) is 74.2 Å². The number of nitrogen functional groups attached to an aromatic ring is 1. The molecule has 3 rings (SSSR count). The van der Waals surface area contributed by atoms with Gasteiger partial charge in [-0.3, -0.25) is 0 Å². The molecule has 5 heteroatoms. The molecular weight excluding hydrogens is 254 g/mol. The number of anilines is 1. The molecule has 100 valence electrons. The van der Waals surface area contributed by atoms with Gasteiger partial charge in [0.2, 0.25) is 5.82 Å². The maximum Gasteiger partial charge on any atom is 0.258 e. The third kappa shape index (κ3) is 2.61. The van der Waals surface area contributed by atoms with Crippen molar-refractivity contribution in [2.24, 2.45) is 0 Å². The highest BCUT2D eigenvalue weighted by molar-refractivity contribution is 5.52. The summed E-state index contributed by atoms with van der Waals surface area (Å²) in [5, 5.41) is 3.89. The first-order chi connectivity index (χ1) is 9.83. The lowest BCUT2D eigenvalue weighted by Crippen LogP contribution is -2.00. The summed E-state index contributed by atoms with van der Waals surface area (Å²) in [7, 11) is 0. The van der Waals surface area contributed by atoms with Crippen LogP contribution in [0.15, 0.2) is 59.1 Å². The van der Waals surface area contributed by atoms with Crippen molar-refractivity contribution in [3.05, 3.63) is 60.4 Å². The van der Waals surface area contributed by atoms with Crippen LogP contribution in [0.4, 0.5) is 5.69 Å². The lowest BCUT2D eigenvalue weighted by molar-refractivity contribution is 0.288. The molecule has 0 unspecified atom stereocenters. The fourth-order valence-electron chi connectivity index (χ4n) is 1.76. The average molecular weight is 267 g/mol. The molecule has 0 amide bonds. The van der Waals surface area contributed by atoms with Gasteiger partial charge in [-0.15, -0.1) is 0 Å². The molecule has 0 spiro atoms. The molecule has 20 heavy (non-hydrogen) atoms. The molecule has 0 saturated carbocycles. The van der Waals surface area contributed by atoms with Crippen LogP contribution in [0, 0.1) is 0 Å². The minimum absolute atomic E-state index is 0.213. The van der Waals surface area contributed by atoms with Gasteiger partial charge in [0.1, 0.15) is 5.75 Å². The zero-order chi connectivity index (χ0) is 13.8. The predicted molar refractivity (Wildman–Crippen MR) is 74.9 cm³/mol. The maximum absolute atomic E-state index is 5.79. The first-order valence-electron chi connectivity index (χ1n) is 6.18. The number of nitrogens with zero attached hydrogens (tertiary/aromatic N) is 2. The van der Waals surface area contributed by atoms with Crippen LogP contribution in [0.2, 0.25) is 0 Å². The first-order valence-corrected chi connectivity index (χ1v) is 6.18. The van der Waals surface area contributed by atoms with Gasteiger partial charge in [-0.05, 0) is 24.3 Å². The van der Waals surface area contributed by atoms with E-state index < -0.39 is 0 Å². The highest BCUT2D eigenvalue weighted by atomic mass is 16.5. The number of nitrogens with two attached hydrogens (primary N) is 1. The molecule has 3 aromatic rings. The van der Waals surface area contributed by atoms with Crippen LogP contribution < -0.4 is 10.5 Å². The van der Waals surface area contributed by atoms with Crippen molar-refractivity contribution in [2.75, 3.05) is 5.73 Å². The molecule has 0 atom stereocenters. The summed E-state index contributed by atoms with van der Waals surface area (Å²) < 4.78 is 10.8. The van der Waals surface area contributed by atoms with Gasteiger partial charge >= 0.3 is 0 Å². The Morgan fingerprint density at radius 1 is 1.00 bits per heavy atom. The predicted octanol–water partition coefficient (Wildman–Crippen LogP) is 2.90. The Balaban J connectivity index is 1.71. The van der Waals surface area contributed by atoms with Crippen molar-refractivity contribution in [1.29, 1.82) is 0 Å². The zero-order valence-corrected chi connectivity index (χ0v) is 10.7. The molecule has 0 saturated heterocycles. The standard InChI is InChI=1S/C15H13N3O2/c16-12-8-4-5-9-13(12)19-10-14-17-15(20-18-14)11-6-2-1-3-7-11/h1-9H,10,16H2. The maximum atomic E-state index is 5.79. The Hall–Kier alpha value is -2.82. The number of aromatic nitrogens is 2. The Morgan fingerprint density at radius 2 is 1.75 bits per heavy atom.